The predicted octanol–water partition coefficient (Wildman–Crippen LogP) is 29.1. The summed E-state index contributed by atoms with van der Waals surface area (Å²) >= 11 is 0. The van der Waals surface area contributed by atoms with Crippen LogP contribution < -0.4 is 0 Å². The molecule has 0 aliphatic heterocycles. The molecule has 2 rings (SSSR count). The fraction of sp³-hybridized carbons (Fsp3) is 0.988. The Morgan fingerprint density at radius 3 is 0.576 bits per heavy atom. The maximum atomic E-state index is 12.0. The van der Waals surface area contributed by atoms with Gasteiger partial charge in [0.25, 0.3) is 0 Å². The van der Waals surface area contributed by atoms with E-state index in [0.29, 0.717) is 12.8 Å². The Hall–Kier alpha value is -0.570. The lowest BCUT2D eigenvalue weighted by Gasteiger charge is -2.19. The van der Waals surface area contributed by atoms with Gasteiger partial charge in [0, 0.05) is 0 Å². The highest BCUT2D eigenvalue weighted by molar-refractivity contribution is 5.70. The van der Waals surface area contributed by atoms with Crippen LogP contribution in [0.25, 0.3) is 0 Å². The van der Waals surface area contributed by atoms with Crippen molar-refractivity contribution in [3.8, 4) is 0 Å². The molecule has 6 atom stereocenters. The Balaban J connectivity index is 1.18. The van der Waals surface area contributed by atoms with Crippen molar-refractivity contribution in [1.82, 2.24) is 0 Å². The van der Waals surface area contributed by atoms with Crippen molar-refractivity contribution in [2.75, 3.05) is 0 Å². The second kappa shape index (κ2) is 64.9. The lowest BCUT2D eigenvalue weighted by atomic mass is 9.91. The van der Waals surface area contributed by atoms with Crippen LogP contribution in [0, 0.1) is 29.6 Å². The van der Waals surface area contributed by atoms with Crippen molar-refractivity contribution in [3.05, 3.63) is 0 Å². The van der Waals surface area contributed by atoms with E-state index >= 15 is 0 Å². The molecule has 0 spiro atoms. The van der Waals surface area contributed by atoms with Gasteiger partial charge >= 0.3 is 5.97 Å². The highest BCUT2D eigenvalue weighted by Gasteiger charge is 2.36. The number of aliphatic hydroxyl groups is 1. The Morgan fingerprint density at radius 1 is 0.247 bits per heavy atom. The Kier molecular flexibility index (Phi) is 61.5. The topological polar surface area (TPSA) is 57.5 Å². The molecule has 3 heteroatoms. The van der Waals surface area contributed by atoms with Gasteiger partial charge in [-0.1, -0.05) is 457 Å². The monoisotopic (exact) mass is 1190 g/mol. The molecule has 0 amide bonds. The van der Waals surface area contributed by atoms with Gasteiger partial charge < -0.3 is 10.2 Å². The molecule has 0 heterocycles. The summed E-state index contributed by atoms with van der Waals surface area (Å²) in [4.78, 5) is 12.0. The normalized spacial score (nSPS) is 17.3. The van der Waals surface area contributed by atoms with Crippen LogP contribution >= 0.6 is 0 Å². The van der Waals surface area contributed by atoms with Gasteiger partial charge in [-0.05, 0) is 49.4 Å². The van der Waals surface area contributed by atoms with Crippen molar-refractivity contribution < 1.29 is 15.0 Å². The van der Waals surface area contributed by atoms with Crippen LogP contribution in [0.15, 0.2) is 0 Å². The van der Waals surface area contributed by atoms with Gasteiger partial charge in [0.15, 0.2) is 0 Å². The zero-order valence-corrected chi connectivity index (χ0v) is 58.9. The Bertz CT molecular complexity index is 1300. The van der Waals surface area contributed by atoms with Gasteiger partial charge in [0.2, 0.25) is 0 Å². The molecule has 2 aliphatic rings. The van der Waals surface area contributed by atoms with E-state index in [1.165, 1.54) is 398 Å². The molecule has 2 fully saturated rings. The van der Waals surface area contributed by atoms with Crippen molar-refractivity contribution in [1.29, 1.82) is 0 Å². The maximum Gasteiger partial charge on any atom is 0.309 e. The Morgan fingerprint density at radius 2 is 0.400 bits per heavy atom. The molecular formula is C82H160O3. The lowest BCUT2D eigenvalue weighted by molar-refractivity contribution is -0.146. The molecule has 2 saturated carbocycles. The second-order valence-electron chi connectivity index (χ2n) is 30.0. The number of hydrogen-bond donors (Lipinski definition) is 2. The molecule has 0 aromatic rings. The minimum absolute atomic E-state index is 0.581. The van der Waals surface area contributed by atoms with Crippen LogP contribution in [0.2, 0.25) is 0 Å². The second-order valence-corrected chi connectivity index (χ2v) is 30.0. The van der Waals surface area contributed by atoms with Gasteiger partial charge in [0.1, 0.15) is 0 Å². The summed E-state index contributed by atoms with van der Waals surface area (Å²) in [6, 6.07) is 0. The quantitative estimate of drug-likeness (QED) is 0.0597. The van der Waals surface area contributed by atoms with Crippen LogP contribution in [0.3, 0.4) is 0 Å². The summed E-state index contributed by atoms with van der Waals surface area (Å²) in [7, 11) is 0. The fourth-order valence-electron chi connectivity index (χ4n) is 15.3. The van der Waals surface area contributed by atoms with Crippen LogP contribution in [-0.2, 0) is 4.79 Å². The number of unbranched alkanes of at least 4 members (excludes halogenated alkanes) is 61. The van der Waals surface area contributed by atoms with Gasteiger partial charge in [-0.25, -0.2) is 0 Å². The fourth-order valence-corrected chi connectivity index (χ4v) is 15.3. The lowest BCUT2D eigenvalue weighted by Crippen LogP contribution is -2.28. The zero-order valence-electron chi connectivity index (χ0n) is 58.9. The molecule has 506 valence electrons. The number of carboxylic acid groups (broad SMARTS) is 1. The molecule has 2 N–H and O–H groups in total. The number of rotatable bonds is 75. The SMILES string of the molecule is CCCCCCCCCCCCCCCCCCCCCCCCC(C(=O)O)C(O)CCCCCCCCCCCCCCCCCCCCCC1CC1CCCCCCCCCCC1CC1CCCCCCCCCCCCCCCCCC. The van der Waals surface area contributed by atoms with Crippen LogP contribution in [0.4, 0.5) is 0 Å². The van der Waals surface area contributed by atoms with E-state index in [0.717, 1.165) is 49.4 Å². The number of carboxylic acids is 1. The molecule has 3 nitrogen and oxygen atoms in total. The molecule has 0 radical (unpaired) electrons. The molecule has 0 saturated heterocycles. The molecule has 0 aromatic heterocycles. The number of aliphatic hydroxyl groups excluding tert-OH is 1. The van der Waals surface area contributed by atoms with E-state index in [2.05, 4.69) is 13.8 Å². The van der Waals surface area contributed by atoms with Gasteiger partial charge in [0.05, 0.1) is 12.0 Å². The first-order valence-corrected chi connectivity index (χ1v) is 41.0. The Labute approximate surface area is 536 Å². The first-order chi connectivity index (χ1) is 42.1. The van der Waals surface area contributed by atoms with E-state index in [4.69, 9.17) is 0 Å². The van der Waals surface area contributed by atoms with Crippen LogP contribution in [-0.4, -0.2) is 22.3 Å². The smallest absolute Gasteiger partial charge is 0.309 e. The van der Waals surface area contributed by atoms with Gasteiger partial charge in [-0.3, -0.25) is 4.79 Å². The third-order valence-electron chi connectivity index (χ3n) is 21.7. The number of hydrogen-bond acceptors (Lipinski definition) is 2. The molecule has 85 heavy (non-hydrogen) atoms. The third-order valence-corrected chi connectivity index (χ3v) is 21.7. The first kappa shape index (κ1) is 80.5. The van der Waals surface area contributed by atoms with Gasteiger partial charge in [-0.2, -0.15) is 0 Å². The van der Waals surface area contributed by atoms with Crippen LogP contribution in [0.5, 0.6) is 0 Å². The minimum atomic E-state index is -0.796. The predicted molar refractivity (Wildman–Crippen MR) is 379 cm³/mol. The zero-order chi connectivity index (χ0) is 60.7. The average molecular weight is 1190 g/mol. The molecule has 0 bridgehead atoms. The summed E-state index contributed by atoms with van der Waals surface area (Å²) in [5.74, 6) is 3.07. The van der Waals surface area contributed by atoms with E-state index in [1.807, 2.05) is 0 Å². The standard InChI is InChI=1S/C82H160O3/c1-3-5-7-9-11-13-15-17-19-21-22-23-24-27-30-34-38-42-46-54-60-66-72-80(82(84)85)81(83)73-67-61-55-47-43-39-35-31-28-25-26-29-33-37-41-45-51-57-63-69-77-75-79(77)71-65-59-53-49-48-52-58-64-70-78-74-76(78)68-62-56-50-44-40-36-32-20-18-16-14-12-10-8-6-4-2/h76-81,83H,3-75H2,1-2H3,(H,84,85). The number of aliphatic carboxylic acids is 1. The number of carbonyl (C=O) groups is 1. The third kappa shape index (κ3) is 57.1. The summed E-state index contributed by atoms with van der Waals surface area (Å²) in [6.45, 7) is 4.62. The van der Waals surface area contributed by atoms with Crippen molar-refractivity contribution >= 4 is 5.97 Å². The minimum Gasteiger partial charge on any atom is -0.481 e. The van der Waals surface area contributed by atoms with Crippen molar-refractivity contribution in [3.63, 3.8) is 0 Å². The van der Waals surface area contributed by atoms with E-state index < -0.39 is 18.0 Å². The first-order valence-electron chi connectivity index (χ1n) is 41.0. The molecule has 0 aromatic carbocycles. The van der Waals surface area contributed by atoms with Crippen molar-refractivity contribution in [2.24, 2.45) is 29.6 Å². The maximum absolute atomic E-state index is 12.0. The summed E-state index contributed by atoms with van der Waals surface area (Å²) in [6.07, 6.45) is 102. The van der Waals surface area contributed by atoms with Crippen molar-refractivity contribution in [2.45, 2.75) is 489 Å². The van der Waals surface area contributed by atoms with Gasteiger partial charge in [-0.15, -0.1) is 0 Å². The molecular weight excluding hydrogens is 1030 g/mol. The molecule has 6 unspecified atom stereocenters. The average Bonchev–Trinajstić information content (AvgIpc) is 4.64. The summed E-state index contributed by atoms with van der Waals surface area (Å²) in [5, 5.41) is 20.6. The summed E-state index contributed by atoms with van der Waals surface area (Å²) < 4.78 is 0. The van der Waals surface area contributed by atoms with E-state index in [9.17, 15) is 15.0 Å². The van der Waals surface area contributed by atoms with Crippen LogP contribution in [0.1, 0.15) is 483 Å². The highest BCUT2D eigenvalue weighted by Crippen LogP contribution is 2.47. The largest absolute Gasteiger partial charge is 0.481 e. The highest BCUT2D eigenvalue weighted by atomic mass is 16.4. The molecule has 2 aliphatic carbocycles. The van der Waals surface area contributed by atoms with E-state index in [-0.39, 0.29) is 0 Å². The summed E-state index contributed by atoms with van der Waals surface area (Å²) in [5.41, 5.74) is 0. The van der Waals surface area contributed by atoms with E-state index in [1.54, 1.807) is 32.1 Å².